The number of hydrogen-bond acceptors (Lipinski definition) is 1. The molecule has 2 saturated carbocycles. The quantitative estimate of drug-likeness (QED) is 0.738. The summed E-state index contributed by atoms with van der Waals surface area (Å²) in [7, 11) is 0. The zero-order valence-corrected chi connectivity index (χ0v) is 10.3. The lowest BCUT2D eigenvalue weighted by Gasteiger charge is -2.34. The topological polar surface area (TPSA) is 20.2 Å². The molecule has 0 heterocycles. The molecule has 1 nitrogen and oxygen atoms in total. The van der Waals surface area contributed by atoms with Crippen LogP contribution in [0.3, 0.4) is 0 Å². The summed E-state index contributed by atoms with van der Waals surface area (Å²) in [6.07, 6.45) is 9.45. The second kappa shape index (κ2) is 4.86. The average molecular weight is 210 g/mol. The van der Waals surface area contributed by atoms with E-state index in [-0.39, 0.29) is 6.10 Å². The van der Waals surface area contributed by atoms with Crippen LogP contribution < -0.4 is 0 Å². The molecule has 0 saturated heterocycles. The summed E-state index contributed by atoms with van der Waals surface area (Å²) >= 11 is 0. The van der Waals surface area contributed by atoms with Crippen LogP contribution in [0.5, 0.6) is 0 Å². The van der Waals surface area contributed by atoms with Gasteiger partial charge in [-0.05, 0) is 42.9 Å². The molecule has 0 radical (unpaired) electrons. The van der Waals surface area contributed by atoms with Gasteiger partial charge in [-0.2, -0.15) is 0 Å². The van der Waals surface area contributed by atoms with Crippen LogP contribution in [0.1, 0.15) is 58.8 Å². The van der Waals surface area contributed by atoms with Crippen molar-refractivity contribution in [3.63, 3.8) is 0 Å². The molecule has 0 aliphatic heterocycles. The summed E-state index contributed by atoms with van der Waals surface area (Å²) in [6, 6.07) is 0. The first-order valence-electron chi connectivity index (χ1n) is 6.90. The molecule has 1 heteroatoms. The van der Waals surface area contributed by atoms with Gasteiger partial charge in [0.2, 0.25) is 0 Å². The van der Waals surface area contributed by atoms with Gasteiger partial charge in [-0.25, -0.2) is 0 Å². The standard InChI is InChI=1S/C14H26O/c1-3-11-5-4-6-12(9-11)13-7-8-14(15)10(13)2/h10-15H,3-9H2,1-2H3. The second-order valence-electron chi connectivity index (χ2n) is 5.87. The van der Waals surface area contributed by atoms with Crippen LogP contribution in [0, 0.1) is 23.7 Å². The molecule has 5 unspecified atom stereocenters. The molecular weight excluding hydrogens is 184 g/mol. The Labute approximate surface area is 94.3 Å². The molecule has 15 heavy (non-hydrogen) atoms. The molecule has 1 N–H and O–H groups in total. The summed E-state index contributed by atoms with van der Waals surface area (Å²) < 4.78 is 0. The Morgan fingerprint density at radius 1 is 1.13 bits per heavy atom. The monoisotopic (exact) mass is 210 g/mol. The Bertz CT molecular complexity index is 202. The van der Waals surface area contributed by atoms with Gasteiger partial charge in [0.1, 0.15) is 0 Å². The van der Waals surface area contributed by atoms with Gasteiger partial charge >= 0.3 is 0 Å². The van der Waals surface area contributed by atoms with Crippen LogP contribution in [-0.2, 0) is 0 Å². The molecule has 0 bridgehead atoms. The molecule has 2 aliphatic carbocycles. The van der Waals surface area contributed by atoms with Gasteiger partial charge in [-0.1, -0.05) is 39.5 Å². The lowest BCUT2D eigenvalue weighted by atomic mass is 9.71. The van der Waals surface area contributed by atoms with E-state index >= 15 is 0 Å². The van der Waals surface area contributed by atoms with E-state index in [1.54, 1.807) is 0 Å². The van der Waals surface area contributed by atoms with Gasteiger partial charge < -0.3 is 5.11 Å². The first kappa shape index (κ1) is 11.4. The molecule has 2 rings (SSSR count). The fraction of sp³-hybridized carbons (Fsp3) is 1.00. The predicted molar refractivity (Wildman–Crippen MR) is 63.6 cm³/mol. The SMILES string of the molecule is CCC1CCCC(C2CCC(O)C2C)C1. The molecule has 88 valence electrons. The van der Waals surface area contributed by atoms with Crippen LogP contribution in [0.25, 0.3) is 0 Å². The van der Waals surface area contributed by atoms with Crippen molar-refractivity contribution in [2.45, 2.75) is 64.9 Å². The third-order valence-corrected chi connectivity index (χ3v) is 5.08. The normalized spacial score (nSPS) is 47.0. The molecule has 0 aromatic carbocycles. The summed E-state index contributed by atoms with van der Waals surface area (Å²) in [6.45, 7) is 4.60. The van der Waals surface area contributed by atoms with Crippen LogP contribution in [-0.4, -0.2) is 11.2 Å². The molecule has 0 aromatic rings. The summed E-state index contributed by atoms with van der Waals surface area (Å²) in [5, 5.41) is 9.82. The maximum Gasteiger partial charge on any atom is 0.0568 e. The van der Waals surface area contributed by atoms with Crippen molar-refractivity contribution in [1.29, 1.82) is 0 Å². The van der Waals surface area contributed by atoms with E-state index in [9.17, 15) is 5.11 Å². The van der Waals surface area contributed by atoms with Crippen molar-refractivity contribution in [2.24, 2.45) is 23.7 Å². The third kappa shape index (κ3) is 2.38. The summed E-state index contributed by atoms with van der Waals surface area (Å²) in [4.78, 5) is 0. The predicted octanol–water partition coefficient (Wildman–Crippen LogP) is 3.61. The average Bonchev–Trinajstić information content (AvgIpc) is 2.60. The first-order chi connectivity index (χ1) is 7.22. The number of aliphatic hydroxyl groups excluding tert-OH is 1. The van der Waals surface area contributed by atoms with Crippen LogP contribution in [0.15, 0.2) is 0 Å². The van der Waals surface area contributed by atoms with E-state index < -0.39 is 0 Å². The Kier molecular flexibility index (Phi) is 3.71. The van der Waals surface area contributed by atoms with Crippen molar-refractivity contribution < 1.29 is 5.11 Å². The molecule has 0 amide bonds. The fourth-order valence-electron chi connectivity index (χ4n) is 3.93. The first-order valence-corrected chi connectivity index (χ1v) is 6.90. The van der Waals surface area contributed by atoms with E-state index in [0.29, 0.717) is 5.92 Å². The van der Waals surface area contributed by atoms with Gasteiger partial charge in [0.05, 0.1) is 6.10 Å². The number of rotatable bonds is 2. The maximum atomic E-state index is 9.82. The van der Waals surface area contributed by atoms with Gasteiger partial charge in [-0.3, -0.25) is 0 Å². The smallest absolute Gasteiger partial charge is 0.0568 e. The van der Waals surface area contributed by atoms with Gasteiger partial charge in [0, 0.05) is 0 Å². The van der Waals surface area contributed by atoms with Crippen molar-refractivity contribution in [3.05, 3.63) is 0 Å². The minimum absolute atomic E-state index is 0.00277. The Morgan fingerprint density at radius 3 is 2.53 bits per heavy atom. The molecule has 2 aliphatic rings. The zero-order valence-electron chi connectivity index (χ0n) is 10.3. The molecule has 5 atom stereocenters. The largest absolute Gasteiger partial charge is 0.393 e. The maximum absolute atomic E-state index is 9.82. The Balaban J connectivity index is 1.92. The number of hydrogen-bond donors (Lipinski definition) is 1. The van der Waals surface area contributed by atoms with Crippen LogP contribution in [0.2, 0.25) is 0 Å². The van der Waals surface area contributed by atoms with E-state index in [1.807, 2.05) is 0 Å². The lowest BCUT2D eigenvalue weighted by Crippen LogP contribution is -2.26. The highest BCUT2D eigenvalue weighted by Gasteiger charge is 2.38. The lowest BCUT2D eigenvalue weighted by molar-refractivity contribution is 0.0958. The van der Waals surface area contributed by atoms with Crippen molar-refractivity contribution >= 4 is 0 Å². The third-order valence-electron chi connectivity index (χ3n) is 5.08. The second-order valence-corrected chi connectivity index (χ2v) is 5.87. The van der Waals surface area contributed by atoms with Crippen LogP contribution in [0.4, 0.5) is 0 Å². The highest BCUT2D eigenvalue weighted by molar-refractivity contribution is 4.88. The van der Waals surface area contributed by atoms with E-state index in [1.165, 1.54) is 38.5 Å². The highest BCUT2D eigenvalue weighted by Crippen LogP contribution is 2.44. The van der Waals surface area contributed by atoms with E-state index in [4.69, 9.17) is 0 Å². The van der Waals surface area contributed by atoms with Crippen LogP contribution >= 0.6 is 0 Å². The van der Waals surface area contributed by atoms with Crippen molar-refractivity contribution in [1.82, 2.24) is 0 Å². The molecular formula is C14H26O. The van der Waals surface area contributed by atoms with E-state index in [0.717, 1.165) is 24.2 Å². The van der Waals surface area contributed by atoms with Gasteiger partial charge in [0.25, 0.3) is 0 Å². The minimum Gasteiger partial charge on any atom is -0.393 e. The Hall–Kier alpha value is -0.0400. The highest BCUT2D eigenvalue weighted by atomic mass is 16.3. The number of aliphatic hydroxyl groups is 1. The minimum atomic E-state index is -0.00277. The van der Waals surface area contributed by atoms with Gasteiger partial charge in [-0.15, -0.1) is 0 Å². The summed E-state index contributed by atoms with van der Waals surface area (Å²) in [5.41, 5.74) is 0. The molecule has 0 spiro atoms. The zero-order chi connectivity index (χ0) is 10.8. The van der Waals surface area contributed by atoms with Crippen molar-refractivity contribution in [3.8, 4) is 0 Å². The summed E-state index contributed by atoms with van der Waals surface area (Å²) in [5.74, 6) is 3.30. The van der Waals surface area contributed by atoms with Gasteiger partial charge in [0.15, 0.2) is 0 Å². The van der Waals surface area contributed by atoms with E-state index in [2.05, 4.69) is 13.8 Å². The van der Waals surface area contributed by atoms with Crippen molar-refractivity contribution in [2.75, 3.05) is 0 Å². The fourth-order valence-corrected chi connectivity index (χ4v) is 3.93. The molecule has 0 aromatic heterocycles. The molecule has 2 fully saturated rings. The Morgan fingerprint density at radius 2 is 1.93 bits per heavy atom.